The summed E-state index contributed by atoms with van der Waals surface area (Å²) in [6.07, 6.45) is 0.170. The zero-order valence-electron chi connectivity index (χ0n) is 16.5. The Balaban J connectivity index is 1.30. The van der Waals surface area contributed by atoms with Gasteiger partial charge in [-0.05, 0) is 33.7 Å². The van der Waals surface area contributed by atoms with Gasteiger partial charge < -0.3 is 9.47 Å². The van der Waals surface area contributed by atoms with E-state index in [1.54, 1.807) is 18.9 Å². The average Bonchev–Trinajstić information content (AvgIpc) is 3.21. The summed E-state index contributed by atoms with van der Waals surface area (Å²) in [5.74, 6) is 1.67. The monoisotopic (exact) mass is 411 g/mol. The number of nitrogens with zero attached hydrogens (tertiary/aromatic N) is 5. The molecular formula is C21H25N5O2S. The molecule has 8 heteroatoms. The highest BCUT2D eigenvalue weighted by atomic mass is 32.2. The van der Waals surface area contributed by atoms with E-state index in [9.17, 15) is 0 Å². The molecule has 29 heavy (non-hydrogen) atoms. The third kappa shape index (κ3) is 5.56. The molecule has 0 amide bonds. The van der Waals surface area contributed by atoms with Crippen molar-refractivity contribution in [2.75, 3.05) is 32.6 Å². The van der Waals surface area contributed by atoms with Crippen molar-refractivity contribution >= 4 is 11.8 Å². The van der Waals surface area contributed by atoms with E-state index in [0.717, 1.165) is 48.5 Å². The van der Waals surface area contributed by atoms with Crippen molar-refractivity contribution in [1.82, 2.24) is 25.1 Å². The summed E-state index contributed by atoms with van der Waals surface area (Å²) in [5.41, 5.74) is 2.46. The summed E-state index contributed by atoms with van der Waals surface area (Å²) >= 11 is 1.65. The Morgan fingerprint density at radius 3 is 2.66 bits per heavy atom. The van der Waals surface area contributed by atoms with Gasteiger partial charge in [0.2, 0.25) is 5.16 Å². The quantitative estimate of drug-likeness (QED) is 0.528. The van der Waals surface area contributed by atoms with E-state index >= 15 is 0 Å². The first-order valence-electron chi connectivity index (χ1n) is 9.70. The van der Waals surface area contributed by atoms with E-state index in [4.69, 9.17) is 9.47 Å². The van der Waals surface area contributed by atoms with Crippen LogP contribution in [0.15, 0.2) is 59.8 Å². The van der Waals surface area contributed by atoms with Gasteiger partial charge in [0.05, 0.1) is 26.4 Å². The number of methoxy groups -OCH3 is 1. The summed E-state index contributed by atoms with van der Waals surface area (Å²) in [7, 11) is 1.67. The second-order valence-electron chi connectivity index (χ2n) is 6.99. The van der Waals surface area contributed by atoms with Crippen molar-refractivity contribution in [2.45, 2.75) is 24.3 Å². The van der Waals surface area contributed by atoms with Crippen molar-refractivity contribution < 1.29 is 9.47 Å². The summed E-state index contributed by atoms with van der Waals surface area (Å²) in [5, 5.41) is 13.0. The van der Waals surface area contributed by atoms with Crippen molar-refractivity contribution in [1.29, 1.82) is 0 Å². The molecular weight excluding hydrogens is 386 g/mol. The van der Waals surface area contributed by atoms with Crippen molar-refractivity contribution in [3.63, 3.8) is 0 Å². The summed E-state index contributed by atoms with van der Waals surface area (Å²) in [6, 6.07) is 18.5. The van der Waals surface area contributed by atoms with E-state index in [1.807, 2.05) is 28.9 Å². The van der Waals surface area contributed by atoms with E-state index in [0.29, 0.717) is 6.54 Å². The van der Waals surface area contributed by atoms with Gasteiger partial charge in [-0.15, -0.1) is 5.10 Å². The van der Waals surface area contributed by atoms with Crippen LogP contribution in [0.3, 0.4) is 0 Å². The SMILES string of the molecule is COc1ccc(Cn2nnnc2SC[C@@H]2CN(Cc3ccccc3)CCO2)cc1. The summed E-state index contributed by atoms with van der Waals surface area (Å²) < 4.78 is 13.0. The van der Waals surface area contributed by atoms with E-state index in [2.05, 4.69) is 50.8 Å². The molecule has 2 aromatic carbocycles. The van der Waals surface area contributed by atoms with Crippen LogP contribution >= 0.6 is 11.8 Å². The molecule has 3 aromatic rings. The first kappa shape index (κ1) is 19.9. The van der Waals surface area contributed by atoms with Crippen LogP contribution in [-0.4, -0.2) is 63.8 Å². The molecule has 0 radical (unpaired) electrons. The smallest absolute Gasteiger partial charge is 0.209 e. The molecule has 7 nitrogen and oxygen atoms in total. The van der Waals surface area contributed by atoms with Gasteiger partial charge in [-0.3, -0.25) is 4.90 Å². The number of ether oxygens (including phenoxy) is 2. The highest BCUT2D eigenvalue weighted by Gasteiger charge is 2.22. The van der Waals surface area contributed by atoms with Crippen molar-refractivity contribution in [3.8, 4) is 5.75 Å². The maximum absolute atomic E-state index is 5.97. The number of aromatic nitrogens is 4. The largest absolute Gasteiger partial charge is 0.497 e. The molecule has 1 aromatic heterocycles. The Kier molecular flexibility index (Phi) is 6.76. The number of benzene rings is 2. The Bertz CT molecular complexity index is 888. The third-order valence-corrected chi connectivity index (χ3v) is 5.95. The van der Waals surface area contributed by atoms with Crippen LogP contribution in [0.4, 0.5) is 0 Å². The van der Waals surface area contributed by atoms with Crippen molar-refractivity contribution in [2.24, 2.45) is 0 Å². The number of thioether (sulfide) groups is 1. The second kappa shape index (κ2) is 9.87. The van der Waals surface area contributed by atoms with Crippen molar-refractivity contribution in [3.05, 3.63) is 65.7 Å². The Morgan fingerprint density at radius 2 is 1.86 bits per heavy atom. The highest BCUT2D eigenvalue weighted by Crippen LogP contribution is 2.20. The molecule has 0 bridgehead atoms. The lowest BCUT2D eigenvalue weighted by Gasteiger charge is -2.32. The minimum atomic E-state index is 0.170. The molecule has 1 saturated heterocycles. The fourth-order valence-corrected chi connectivity index (χ4v) is 4.22. The molecule has 2 heterocycles. The lowest BCUT2D eigenvalue weighted by Crippen LogP contribution is -2.43. The molecule has 1 aliphatic rings. The molecule has 152 valence electrons. The van der Waals surface area contributed by atoms with Crippen LogP contribution in [0.25, 0.3) is 0 Å². The van der Waals surface area contributed by atoms with Crippen LogP contribution in [0.5, 0.6) is 5.75 Å². The molecule has 1 atom stereocenters. The summed E-state index contributed by atoms with van der Waals surface area (Å²) in [6.45, 7) is 4.23. The second-order valence-corrected chi connectivity index (χ2v) is 7.98. The first-order valence-corrected chi connectivity index (χ1v) is 10.7. The van der Waals surface area contributed by atoms with Crippen LogP contribution in [0.2, 0.25) is 0 Å². The molecule has 1 aliphatic heterocycles. The normalized spacial score (nSPS) is 17.3. The number of tetrazole rings is 1. The molecule has 0 spiro atoms. The van der Waals surface area contributed by atoms with Gasteiger partial charge in [0, 0.05) is 25.4 Å². The highest BCUT2D eigenvalue weighted by molar-refractivity contribution is 7.99. The van der Waals surface area contributed by atoms with Crippen LogP contribution < -0.4 is 4.74 Å². The van der Waals surface area contributed by atoms with Crippen LogP contribution in [0, 0.1) is 0 Å². The zero-order chi connectivity index (χ0) is 19.9. The minimum absolute atomic E-state index is 0.170. The third-order valence-electron chi connectivity index (χ3n) is 4.86. The fraction of sp³-hybridized carbons (Fsp3) is 0.381. The van der Waals surface area contributed by atoms with Crippen LogP contribution in [0.1, 0.15) is 11.1 Å². The van der Waals surface area contributed by atoms with Gasteiger partial charge in [-0.1, -0.05) is 54.2 Å². The van der Waals surface area contributed by atoms with Gasteiger partial charge in [0.15, 0.2) is 0 Å². The van der Waals surface area contributed by atoms with Gasteiger partial charge in [0.1, 0.15) is 5.75 Å². The maximum atomic E-state index is 5.97. The number of morpholine rings is 1. The Labute approximate surface area is 175 Å². The van der Waals surface area contributed by atoms with E-state index < -0.39 is 0 Å². The molecule has 0 saturated carbocycles. The Hall–Kier alpha value is -2.42. The lowest BCUT2D eigenvalue weighted by molar-refractivity contribution is -0.0187. The number of rotatable bonds is 8. The number of hydrogen-bond donors (Lipinski definition) is 0. The summed E-state index contributed by atoms with van der Waals surface area (Å²) in [4.78, 5) is 2.45. The number of hydrogen-bond acceptors (Lipinski definition) is 7. The van der Waals surface area contributed by atoms with Gasteiger partial charge >= 0.3 is 0 Å². The standard InChI is InChI=1S/C21H25N5O2S/c1-27-19-9-7-18(8-10-19)14-26-21(22-23-24-26)29-16-20-15-25(11-12-28-20)13-17-5-3-2-4-6-17/h2-10,20H,11-16H2,1H3/t20-/m0/s1. The fourth-order valence-electron chi connectivity index (χ4n) is 3.34. The van der Waals surface area contributed by atoms with Gasteiger partial charge in [0.25, 0.3) is 0 Å². The lowest BCUT2D eigenvalue weighted by atomic mass is 10.2. The molecule has 0 aliphatic carbocycles. The Morgan fingerprint density at radius 1 is 1.07 bits per heavy atom. The molecule has 1 fully saturated rings. The van der Waals surface area contributed by atoms with Crippen LogP contribution in [-0.2, 0) is 17.8 Å². The molecule has 0 N–H and O–H groups in total. The predicted molar refractivity (Wildman–Crippen MR) is 112 cm³/mol. The maximum Gasteiger partial charge on any atom is 0.209 e. The van der Waals surface area contributed by atoms with E-state index in [-0.39, 0.29) is 6.10 Å². The molecule has 4 rings (SSSR count). The van der Waals surface area contributed by atoms with Gasteiger partial charge in [-0.25, -0.2) is 4.68 Å². The van der Waals surface area contributed by atoms with E-state index in [1.165, 1.54) is 5.56 Å². The molecule has 0 unspecified atom stereocenters. The van der Waals surface area contributed by atoms with Gasteiger partial charge in [-0.2, -0.15) is 0 Å². The average molecular weight is 412 g/mol. The topological polar surface area (TPSA) is 65.3 Å². The minimum Gasteiger partial charge on any atom is -0.497 e. The zero-order valence-corrected chi connectivity index (χ0v) is 17.3. The first-order chi connectivity index (χ1) is 14.3. The predicted octanol–water partition coefficient (Wildman–Crippen LogP) is 2.72.